The molecule has 1 N–H and O–H groups in total. The van der Waals surface area contributed by atoms with Gasteiger partial charge in [-0.05, 0) is 62.7 Å². The van der Waals surface area contributed by atoms with E-state index < -0.39 is 11.7 Å². The summed E-state index contributed by atoms with van der Waals surface area (Å²) in [6, 6.07) is 20.6. The van der Waals surface area contributed by atoms with Crippen molar-refractivity contribution in [2.45, 2.75) is 19.3 Å². The summed E-state index contributed by atoms with van der Waals surface area (Å²) in [4.78, 5) is 28.2. The van der Waals surface area contributed by atoms with Gasteiger partial charge in [-0.1, -0.05) is 30.3 Å². The second-order valence-electron chi connectivity index (χ2n) is 10.4. The van der Waals surface area contributed by atoms with E-state index in [-0.39, 0.29) is 17.3 Å². The molecule has 6 rings (SSSR count). The summed E-state index contributed by atoms with van der Waals surface area (Å²) < 4.78 is 32.8. The van der Waals surface area contributed by atoms with E-state index >= 15 is 4.39 Å². The number of methoxy groups -OCH3 is 1. The number of ether oxygens (including phenoxy) is 3. The molecule has 1 saturated heterocycles. The molecule has 2 aromatic heterocycles. The van der Waals surface area contributed by atoms with Gasteiger partial charge in [0, 0.05) is 47.7 Å². The van der Waals surface area contributed by atoms with Crippen LogP contribution < -0.4 is 19.5 Å². The van der Waals surface area contributed by atoms with E-state index in [0.717, 1.165) is 31.6 Å². The van der Waals surface area contributed by atoms with Crippen LogP contribution in [0.2, 0.25) is 0 Å². The Kier molecular flexibility index (Phi) is 8.88. The van der Waals surface area contributed by atoms with Crippen LogP contribution in [0.1, 0.15) is 29.9 Å². The number of benzene rings is 3. The first-order chi connectivity index (χ1) is 21.6. The predicted octanol–water partition coefficient (Wildman–Crippen LogP) is 6.75. The highest BCUT2D eigenvalue weighted by atomic mass is 19.1. The van der Waals surface area contributed by atoms with Crippen LogP contribution >= 0.6 is 0 Å². The number of fused-ring (bicyclic) bond motifs is 1. The normalized spacial score (nSPS) is 13.1. The lowest BCUT2D eigenvalue weighted by molar-refractivity contribution is 0.101. The summed E-state index contributed by atoms with van der Waals surface area (Å²) >= 11 is 0. The van der Waals surface area contributed by atoms with Gasteiger partial charge in [0.25, 0.3) is 5.91 Å². The van der Waals surface area contributed by atoms with E-state index in [1.54, 1.807) is 43.6 Å². The summed E-state index contributed by atoms with van der Waals surface area (Å²) in [7, 11) is 1.57. The highest BCUT2D eigenvalue weighted by Crippen LogP contribution is 2.38. The Bertz CT molecular complexity index is 1760. The largest absolute Gasteiger partial charge is 0.493 e. The van der Waals surface area contributed by atoms with Gasteiger partial charge in [0.2, 0.25) is 5.82 Å². The number of anilines is 1. The van der Waals surface area contributed by atoms with Crippen molar-refractivity contribution >= 4 is 22.5 Å². The number of amides is 1. The van der Waals surface area contributed by atoms with Gasteiger partial charge in [0.05, 0.1) is 24.9 Å². The van der Waals surface area contributed by atoms with Gasteiger partial charge in [-0.15, -0.1) is 0 Å². The summed E-state index contributed by atoms with van der Waals surface area (Å²) in [5.41, 5.74) is 2.33. The van der Waals surface area contributed by atoms with Crippen molar-refractivity contribution in [3.05, 3.63) is 96.8 Å². The van der Waals surface area contributed by atoms with E-state index in [0.29, 0.717) is 40.5 Å². The van der Waals surface area contributed by atoms with Crippen molar-refractivity contribution in [2.75, 3.05) is 38.7 Å². The van der Waals surface area contributed by atoms with Crippen LogP contribution in [0.4, 0.5) is 10.1 Å². The molecule has 0 aliphatic carbocycles. The molecule has 1 fully saturated rings. The molecule has 0 unspecified atom stereocenters. The molecule has 10 heteroatoms. The lowest BCUT2D eigenvalue weighted by Crippen LogP contribution is -2.21. The summed E-state index contributed by atoms with van der Waals surface area (Å²) in [6.45, 7) is 3.88. The summed E-state index contributed by atoms with van der Waals surface area (Å²) in [5.74, 6) is 0.270. The molecule has 5 aromatic rings. The molecule has 0 radical (unpaired) electrons. The number of likely N-dealkylation sites (tertiary alicyclic amines) is 1. The number of rotatable bonds is 11. The average molecular weight is 594 g/mol. The van der Waals surface area contributed by atoms with Gasteiger partial charge in [0.15, 0.2) is 23.1 Å². The Morgan fingerprint density at radius 2 is 1.73 bits per heavy atom. The van der Waals surface area contributed by atoms with E-state index in [1.807, 2.05) is 30.3 Å². The van der Waals surface area contributed by atoms with E-state index in [4.69, 9.17) is 14.2 Å². The Balaban J connectivity index is 1.14. The molecule has 3 aromatic carbocycles. The molecular formula is C34H32FN5O4. The minimum absolute atomic E-state index is 0.0148. The molecule has 224 valence electrons. The number of nitrogens with zero attached hydrogens (tertiary/aromatic N) is 4. The molecule has 0 saturated carbocycles. The number of pyridine rings is 1. The fourth-order valence-corrected chi connectivity index (χ4v) is 5.17. The molecule has 0 atom stereocenters. The number of hydrogen-bond acceptors (Lipinski definition) is 8. The van der Waals surface area contributed by atoms with Crippen LogP contribution in [-0.2, 0) is 0 Å². The Hall–Kier alpha value is -5.09. The van der Waals surface area contributed by atoms with Crippen LogP contribution in [0.15, 0.2) is 85.2 Å². The summed E-state index contributed by atoms with van der Waals surface area (Å²) in [6.07, 6.45) is 6.55. The second-order valence-corrected chi connectivity index (χ2v) is 10.4. The van der Waals surface area contributed by atoms with Crippen LogP contribution in [-0.4, -0.2) is 59.1 Å². The molecule has 0 spiro atoms. The number of hydrogen-bond donors (Lipinski definition) is 1. The zero-order valence-corrected chi connectivity index (χ0v) is 24.3. The highest BCUT2D eigenvalue weighted by molar-refractivity contribution is 6.01. The van der Waals surface area contributed by atoms with E-state index in [2.05, 4.69) is 25.2 Å². The van der Waals surface area contributed by atoms with Crippen molar-refractivity contribution in [2.24, 2.45) is 0 Å². The van der Waals surface area contributed by atoms with Crippen molar-refractivity contribution in [3.63, 3.8) is 0 Å². The topological polar surface area (TPSA) is 98.7 Å². The van der Waals surface area contributed by atoms with Crippen molar-refractivity contribution in [1.82, 2.24) is 19.9 Å². The first-order valence-corrected chi connectivity index (χ1v) is 14.6. The molecule has 44 heavy (non-hydrogen) atoms. The number of carbonyl (C=O) groups is 1. The van der Waals surface area contributed by atoms with Crippen LogP contribution in [0.5, 0.6) is 23.0 Å². The SMILES string of the molecule is COc1cc2c(Oc3ccc(NC(=O)c4nccc(-c5ccccc5)n4)cc3F)ccnc2cc1OCCCN1CCCC1. The van der Waals surface area contributed by atoms with Crippen molar-refractivity contribution in [1.29, 1.82) is 0 Å². The third-order valence-corrected chi connectivity index (χ3v) is 7.40. The van der Waals surface area contributed by atoms with Gasteiger partial charge in [-0.2, -0.15) is 0 Å². The smallest absolute Gasteiger partial charge is 0.293 e. The molecule has 1 aliphatic rings. The third-order valence-electron chi connectivity index (χ3n) is 7.40. The standard InChI is InChI=1S/C34H32FN5O4/c1-42-31-21-25-28(22-32(31)43-19-7-18-40-16-5-6-17-40)36-15-13-29(25)44-30-11-10-24(20-26(30)35)38-34(41)33-37-14-12-27(39-33)23-8-3-2-4-9-23/h2-4,8-15,20-22H,5-7,16-19H2,1H3,(H,38,41). The van der Waals surface area contributed by atoms with Crippen molar-refractivity contribution in [3.8, 4) is 34.3 Å². The third kappa shape index (κ3) is 6.76. The van der Waals surface area contributed by atoms with Crippen LogP contribution in [0.3, 0.4) is 0 Å². The van der Waals surface area contributed by atoms with Crippen molar-refractivity contribution < 1.29 is 23.4 Å². The Morgan fingerprint density at radius 3 is 2.52 bits per heavy atom. The molecule has 0 bridgehead atoms. The van der Waals surface area contributed by atoms with Gasteiger partial charge in [-0.3, -0.25) is 9.78 Å². The summed E-state index contributed by atoms with van der Waals surface area (Å²) in [5, 5.41) is 3.29. The van der Waals surface area contributed by atoms with Crippen LogP contribution in [0.25, 0.3) is 22.2 Å². The lowest BCUT2D eigenvalue weighted by atomic mass is 10.1. The molecule has 3 heterocycles. The fourth-order valence-electron chi connectivity index (χ4n) is 5.17. The van der Waals surface area contributed by atoms with Gasteiger partial charge in [0.1, 0.15) is 5.75 Å². The Morgan fingerprint density at radius 1 is 0.909 bits per heavy atom. The zero-order chi connectivity index (χ0) is 30.3. The van der Waals surface area contributed by atoms with Crippen LogP contribution in [0, 0.1) is 5.82 Å². The minimum Gasteiger partial charge on any atom is -0.493 e. The Labute approximate surface area is 254 Å². The fraction of sp³-hybridized carbons (Fsp3) is 0.235. The first-order valence-electron chi connectivity index (χ1n) is 14.6. The minimum atomic E-state index is -0.656. The second kappa shape index (κ2) is 13.5. The average Bonchev–Trinajstić information content (AvgIpc) is 3.58. The molecule has 1 amide bonds. The van der Waals surface area contributed by atoms with E-state index in [1.165, 1.54) is 31.2 Å². The predicted molar refractivity (Wildman–Crippen MR) is 166 cm³/mol. The maximum Gasteiger partial charge on any atom is 0.293 e. The zero-order valence-electron chi connectivity index (χ0n) is 24.3. The monoisotopic (exact) mass is 593 g/mol. The van der Waals surface area contributed by atoms with E-state index in [9.17, 15) is 4.79 Å². The molecular weight excluding hydrogens is 561 g/mol. The number of nitrogens with one attached hydrogen (secondary N) is 1. The quantitative estimate of drug-likeness (QED) is 0.168. The first kappa shape index (κ1) is 29.0. The lowest BCUT2D eigenvalue weighted by Gasteiger charge is -2.16. The number of carbonyl (C=O) groups excluding carboxylic acids is 1. The molecule has 1 aliphatic heterocycles. The number of halogens is 1. The maximum absolute atomic E-state index is 15.2. The number of aromatic nitrogens is 3. The molecule has 9 nitrogen and oxygen atoms in total. The highest BCUT2D eigenvalue weighted by Gasteiger charge is 2.16. The van der Waals surface area contributed by atoms with Gasteiger partial charge in [-0.25, -0.2) is 14.4 Å². The maximum atomic E-state index is 15.2. The van der Waals surface area contributed by atoms with Gasteiger partial charge < -0.3 is 24.4 Å². The van der Waals surface area contributed by atoms with Gasteiger partial charge >= 0.3 is 0 Å².